The van der Waals surface area contributed by atoms with Crippen molar-refractivity contribution in [2.45, 2.75) is 20.3 Å². The summed E-state index contributed by atoms with van der Waals surface area (Å²) in [5.41, 5.74) is 15.9. The average molecular weight is 423 g/mol. The van der Waals surface area contributed by atoms with Crippen molar-refractivity contribution in [3.05, 3.63) is 131 Å². The van der Waals surface area contributed by atoms with E-state index in [0.717, 1.165) is 6.42 Å². The molecule has 0 heteroatoms. The molecule has 0 fully saturated rings. The highest BCUT2D eigenvalue weighted by Crippen LogP contribution is 2.39. The maximum absolute atomic E-state index is 2.36. The number of aryl methyl sites for hydroxylation is 2. The van der Waals surface area contributed by atoms with Gasteiger partial charge < -0.3 is 0 Å². The van der Waals surface area contributed by atoms with Gasteiger partial charge in [0, 0.05) is 0 Å². The van der Waals surface area contributed by atoms with Gasteiger partial charge in [-0.25, -0.2) is 0 Å². The minimum atomic E-state index is 1.04. The summed E-state index contributed by atoms with van der Waals surface area (Å²) in [6.45, 7) is 4.38. The molecular formula is C33H26. The van der Waals surface area contributed by atoms with Gasteiger partial charge in [-0.15, -0.1) is 0 Å². The number of hydrogen-bond acceptors (Lipinski definition) is 0. The molecule has 0 unspecified atom stereocenters. The summed E-state index contributed by atoms with van der Waals surface area (Å²) in [6.07, 6.45) is 1.04. The molecule has 1 aliphatic rings. The van der Waals surface area contributed by atoms with Crippen LogP contribution in [0.15, 0.2) is 109 Å². The summed E-state index contributed by atoms with van der Waals surface area (Å²) >= 11 is 0. The van der Waals surface area contributed by atoms with Gasteiger partial charge in [0.2, 0.25) is 0 Å². The van der Waals surface area contributed by atoms with E-state index in [1.165, 1.54) is 66.8 Å². The molecule has 0 saturated heterocycles. The molecule has 0 radical (unpaired) electrons. The Morgan fingerprint density at radius 1 is 0.394 bits per heavy atom. The van der Waals surface area contributed by atoms with Crippen molar-refractivity contribution < 1.29 is 0 Å². The zero-order valence-electron chi connectivity index (χ0n) is 19.1. The molecule has 5 aromatic rings. The van der Waals surface area contributed by atoms with E-state index in [4.69, 9.17) is 0 Å². The fourth-order valence-corrected chi connectivity index (χ4v) is 5.13. The van der Waals surface area contributed by atoms with Crippen molar-refractivity contribution in [3.63, 3.8) is 0 Å². The van der Waals surface area contributed by atoms with Crippen LogP contribution in [-0.4, -0.2) is 0 Å². The van der Waals surface area contributed by atoms with E-state index >= 15 is 0 Å². The molecule has 0 aliphatic heterocycles. The lowest BCUT2D eigenvalue weighted by Gasteiger charge is -2.12. The van der Waals surface area contributed by atoms with Gasteiger partial charge in [-0.1, -0.05) is 97.1 Å². The molecule has 0 aromatic heterocycles. The van der Waals surface area contributed by atoms with Crippen LogP contribution in [0.3, 0.4) is 0 Å². The normalized spacial score (nSPS) is 11.8. The molecule has 6 rings (SSSR count). The second-order valence-electron chi connectivity index (χ2n) is 9.13. The predicted molar refractivity (Wildman–Crippen MR) is 140 cm³/mol. The smallest absolute Gasteiger partial charge is 0.00134 e. The van der Waals surface area contributed by atoms with Gasteiger partial charge in [0.25, 0.3) is 0 Å². The molecule has 1 aliphatic carbocycles. The van der Waals surface area contributed by atoms with Crippen LogP contribution in [0.1, 0.15) is 22.3 Å². The summed E-state index contributed by atoms with van der Waals surface area (Å²) in [4.78, 5) is 0. The van der Waals surface area contributed by atoms with E-state index in [1.807, 2.05) is 0 Å². The van der Waals surface area contributed by atoms with Crippen molar-refractivity contribution in [1.29, 1.82) is 0 Å². The molecule has 0 bridgehead atoms. The highest BCUT2D eigenvalue weighted by molar-refractivity contribution is 5.82. The minimum Gasteiger partial charge on any atom is -0.0620 e. The van der Waals surface area contributed by atoms with Gasteiger partial charge in [-0.3, -0.25) is 0 Å². The van der Waals surface area contributed by atoms with Gasteiger partial charge in [-0.05, 0) is 99.2 Å². The van der Waals surface area contributed by atoms with Gasteiger partial charge in [0.15, 0.2) is 0 Å². The molecule has 0 amide bonds. The molecular weight excluding hydrogens is 396 g/mol. The average Bonchev–Trinajstić information content (AvgIpc) is 3.23. The predicted octanol–water partition coefficient (Wildman–Crippen LogP) is 8.88. The first kappa shape index (κ1) is 19.8. The third-order valence-electron chi connectivity index (χ3n) is 7.02. The molecule has 5 aromatic carbocycles. The van der Waals surface area contributed by atoms with Gasteiger partial charge in [0.1, 0.15) is 0 Å². The summed E-state index contributed by atoms with van der Waals surface area (Å²) < 4.78 is 0. The molecule has 0 heterocycles. The molecule has 33 heavy (non-hydrogen) atoms. The molecule has 0 N–H and O–H groups in total. The third kappa shape index (κ3) is 3.49. The van der Waals surface area contributed by atoms with Gasteiger partial charge in [-0.2, -0.15) is 0 Å². The van der Waals surface area contributed by atoms with Crippen molar-refractivity contribution in [2.75, 3.05) is 0 Å². The van der Waals surface area contributed by atoms with Crippen LogP contribution in [0.5, 0.6) is 0 Å². The Balaban J connectivity index is 1.35. The zero-order valence-corrected chi connectivity index (χ0v) is 19.1. The lowest BCUT2D eigenvalue weighted by molar-refractivity contribution is 1.26. The highest BCUT2D eigenvalue weighted by atomic mass is 14.2. The quantitative estimate of drug-likeness (QED) is 0.267. The lowest BCUT2D eigenvalue weighted by Crippen LogP contribution is -1.89. The summed E-state index contributed by atoms with van der Waals surface area (Å²) in [6, 6.07) is 40.2. The fourth-order valence-electron chi connectivity index (χ4n) is 5.13. The first-order valence-corrected chi connectivity index (χ1v) is 11.7. The van der Waals surface area contributed by atoms with Crippen LogP contribution < -0.4 is 0 Å². The van der Waals surface area contributed by atoms with Crippen molar-refractivity contribution in [1.82, 2.24) is 0 Å². The van der Waals surface area contributed by atoms with Crippen LogP contribution in [0.4, 0.5) is 0 Å². The lowest BCUT2D eigenvalue weighted by atomic mass is 9.92. The Morgan fingerprint density at radius 3 is 1.64 bits per heavy atom. The standard InChI is InChI=1S/C33H26/c1-22-7-3-5-9-30(22)32-20-26(12-11-23(32)2)24-13-15-25(16-14-24)27-17-18-29-19-28-8-4-6-10-31(28)33(29)21-27/h3-18,20-21H,19H2,1-2H3. The Labute approximate surface area is 196 Å². The monoisotopic (exact) mass is 422 g/mol. The first-order valence-electron chi connectivity index (χ1n) is 11.7. The highest BCUT2D eigenvalue weighted by Gasteiger charge is 2.18. The van der Waals surface area contributed by atoms with Crippen LogP contribution in [-0.2, 0) is 6.42 Å². The molecule has 0 atom stereocenters. The Bertz CT molecular complexity index is 1490. The number of fused-ring (bicyclic) bond motifs is 3. The number of benzene rings is 5. The molecule has 158 valence electrons. The van der Waals surface area contributed by atoms with Crippen LogP contribution in [0.2, 0.25) is 0 Å². The van der Waals surface area contributed by atoms with Gasteiger partial charge in [0.05, 0.1) is 0 Å². The van der Waals surface area contributed by atoms with Gasteiger partial charge >= 0.3 is 0 Å². The van der Waals surface area contributed by atoms with Crippen LogP contribution in [0, 0.1) is 13.8 Å². The van der Waals surface area contributed by atoms with Crippen molar-refractivity contribution >= 4 is 0 Å². The maximum atomic E-state index is 2.36. The van der Waals surface area contributed by atoms with E-state index in [2.05, 4.69) is 123 Å². The Kier molecular flexibility index (Phi) is 4.73. The van der Waals surface area contributed by atoms with E-state index in [1.54, 1.807) is 0 Å². The Hall–Kier alpha value is -3.90. The van der Waals surface area contributed by atoms with Crippen molar-refractivity contribution in [2.24, 2.45) is 0 Å². The third-order valence-corrected chi connectivity index (χ3v) is 7.02. The number of hydrogen-bond donors (Lipinski definition) is 0. The summed E-state index contributed by atoms with van der Waals surface area (Å²) in [5.74, 6) is 0. The maximum Gasteiger partial charge on any atom is -0.00134 e. The number of rotatable bonds is 3. The molecule has 0 nitrogen and oxygen atoms in total. The SMILES string of the molecule is Cc1ccccc1-c1cc(-c2ccc(-c3ccc4c(c3)-c3ccccc3C4)cc2)ccc1C. The summed E-state index contributed by atoms with van der Waals surface area (Å²) in [5, 5.41) is 0. The van der Waals surface area contributed by atoms with E-state index in [-0.39, 0.29) is 0 Å². The second-order valence-corrected chi connectivity index (χ2v) is 9.13. The van der Waals surface area contributed by atoms with Crippen LogP contribution in [0.25, 0.3) is 44.5 Å². The minimum absolute atomic E-state index is 1.04. The Morgan fingerprint density at radius 2 is 0.909 bits per heavy atom. The van der Waals surface area contributed by atoms with Crippen LogP contribution >= 0.6 is 0 Å². The molecule has 0 spiro atoms. The van der Waals surface area contributed by atoms with E-state index in [9.17, 15) is 0 Å². The van der Waals surface area contributed by atoms with Crippen molar-refractivity contribution in [3.8, 4) is 44.5 Å². The molecule has 0 saturated carbocycles. The van der Waals surface area contributed by atoms with E-state index in [0.29, 0.717) is 0 Å². The fraction of sp³-hybridized carbons (Fsp3) is 0.0909. The topological polar surface area (TPSA) is 0 Å². The second kappa shape index (κ2) is 7.90. The summed E-state index contributed by atoms with van der Waals surface area (Å²) in [7, 11) is 0. The van der Waals surface area contributed by atoms with E-state index < -0.39 is 0 Å². The first-order chi connectivity index (χ1) is 16.2. The zero-order chi connectivity index (χ0) is 22.4. The largest absolute Gasteiger partial charge is 0.0620 e.